The van der Waals surface area contributed by atoms with Crippen LogP contribution in [0, 0.1) is 0 Å². The molecule has 1 aromatic heterocycles. The van der Waals surface area contributed by atoms with Crippen LogP contribution in [0.5, 0.6) is 0 Å². The molecule has 0 atom stereocenters. The summed E-state index contributed by atoms with van der Waals surface area (Å²) in [6.07, 6.45) is 0. The van der Waals surface area contributed by atoms with Crippen molar-refractivity contribution in [1.29, 1.82) is 0 Å². The number of fused-ring (bicyclic) bond motifs is 1. The van der Waals surface area contributed by atoms with Gasteiger partial charge in [-0.2, -0.15) is 0 Å². The summed E-state index contributed by atoms with van der Waals surface area (Å²) in [6, 6.07) is 6.17. The number of carbonyl (C=O) groups is 1. The topological polar surface area (TPSA) is 92.3 Å². The van der Waals surface area contributed by atoms with Gasteiger partial charge in [0.05, 0.1) is 12.1 Å². The average molecular weight is 310 g/mol. The van der Waals surface area contributed by atoms with E-state index in [0.29, 0.717) is 10.1 Å². The van der Waals surface area contributed by atoms with Gasteiger partial charge in [0.25, 0.3) is 15.9 Å². The number of rotatable bonds is 3. The van der Waals surface area contributed by atoms with Crippen LogP contribution in [0.25, 0.3) is 0 Å². The number of benzene rings is 1. The molecular formula is C11H10N4O3S2. The largest absolute Gasteiger partial charge is 0.363 e. The lowest BCUT2D eigenvalue weighted by Crippen LogP contribution is -2.29. The van der Waals surface area contributed by atoms with Gasteiger partial charge in [0.2, 0.25) is 5.13 Å². The highest BCUT2D eigenvalue weighted by Crippen LogP contribution is 2.31. The highest BCUT2D eigenvalue weighted by Gasteiger charge is 2.41. The fourth-order valence-corrected chi connectivity index (χ4v) is 4.22. The van der Waals surface area contributed by atoms with E-state index in [1.54, 1.807) is 19.2 Å². The monoisotopic (exact) mass is 310 g/mol. The number of amides is 1. The van der Waals surface area contributed by atoms with Gasteiger partial charge >= 0.3 is 0 Å². The van der Waals surface area contributed by atoms with E-state index in [2.05, 4.69) is 15.5 Å². The summed E-state index contributed by atoms with van der Waals surface area (Å²) in [5, 5.41) is 11.5. The van der Waals surface area contributed by atoms with E-state index >= 15 is 0 Å². The minimum atomic E-state index is -3.79. The van der Waals surface area contributed by atoms with E-state index in [9.17, 15) is 13.2 Å². The van der Waals surface area contributed by atoms with Crippen LogP contribution in [0.4, 0.5) is 5.13 Å². The maximum absolute atomic E-state index is 12.3. The third-order valence-electron chi connectivity index (χ3n) is 2.87. The third-order valence-corrected chi connectivity index (χ3v) is 5.58. The first kappa shape index (κ1) is 13.0. The summed E-state index contributed by atoms with van der Waals surface area (Å²) in [6.45, 7) is -0.102. The Morgan fingerprint density at radius 3 is 2.70 bits per heavy atom. The summed E-state index contributed by atoms with van der Waals surface area (Å²) in [4.78, 5) is 12.2. The molecule has 2 heterocycles. The fourth-order valence-electron chi connectivity index (χ4n) is 1.93. The SMILES string of the molecule is CNc1nnc(CN2C(=O)c3ccccc3S2(=O)=O)s1. The Hall–Kier alpha value is -2.00. The minimum absolute atomic E-state index is 0.0448. The molecule has 0 spiro atoms. The molecule has 1 aromatic carbocycles. The van der Waals surface area contributed by atoms with Gasteiger partial charge in [-0.05, 0) is 12.1 Å². The third kappa shape index (κ3) is 1.86. The Morgan fingerprint density at radius 1 is 1.30 bits per heavy atom. The molecule has 0 aliphatic carbocycles. The van der Waals surface area contributed by atoms with E-state index < -0.39 is 15.9 Å². The van der Waals surface area contributed by atoms with Crippen molar-refractivity contribution in [3.05, 3.63) is 34.8 Å². The second-order valence-corrected chi connectivity index (χ2v) is 6.96. The highest BCUT2D eigenvalue weighted by molar-refractivity contribution is 7.90. The number of nitrogens with one attached hydrogen (secondary N) is 1. The van der Waals surface area contributed by atoms with Gasteiger partial charge in [-0.25, -0.2) is 12.7 Å². The van der Waals surface area contributed by atoms with Crippen LogP contribution in [0.15, 0.2) is 29.2 Å². The first-order valence-electron chi connectivity index (χ1n) is 5.70. The molecule has 1 N–H and O–H groups in total. The predicted octanol–water partition coefficient (Wildman–Crippen LogP) is 0.925. The van der Waals surface area contributed by atoms with Crippen molar-refractivity contribution in [1.82, 2.24) is 14.5 Å². The molecule has 2 aromatic rings. The molecule has 0 bridgehead atoms. The van der Waals surface area contributed by atoms with Crippen molar-refractivity contribution < 1.29 is 13.2 Å². The lowest BCUT2D eigenvalue weighted by Gasteiger charge is -2.12. The Labute approximate surface area is 119 Å². The zero-order valence-electron chi connectivity index (χ0n) is 10.4. The van der Waals surface area contributed by atoms with Gasteiger partial charge in [-0.1, -0.05) is 23.5 Å². The number of nitrogens with zero attached hydrogens (tertiary/aromatic N) is 3. The second-order valence-electron chi connectivity index (χ2n) is 4.06. The molecule has 9 heteroatoms. The smallest absolute Gasteiger partial charge is 0.269 e. The standard InChI is InChI=1S/C11H10N4O3S2/c1-12-11-14-13-9(19-11)6-15-10(16)7-4-2-3-5-8(7)20(15,17)18/h2-5H,6H2,1H3,(H,12,14). The number of hydrogen-bond acceptors (Lipinski definition) is 7. The number of anilines is 1. The average Bonchev–Trinajstić information content (AvgIpc) is 2.97. The van der Waals surface area contributed by atoms with Crippen molar-refractivity contribution >= 4 is 32.4 Å². The van der Waals surface area contributed by atoms with Crippen LogP contribution in [0.3, 0.4) is 0 Å². The molecule has 0 saturated carbocycles. The number of carbonyl (C=O) groups excluding carboxylic acids is 1. The van der Waals surface area contributed by atoms with Gasteiger partial charge in [-0.3, -0.25) is 4.79 Å². The molecule has 20 heavy (non-hydrogen) atoms. The van der Waals surface area contributed by atoms with E-state index in [-0.39, 0.29) is 17.0 Å². The fraction of sp³-hybridized carbons (Fsp3) is 0.182. The van der Waals surface area contributed by atoms with Crippen molar-refractivity contribution in [2.24, 2.45) is 0 Å². The molecule has 3 rings (SSSR count). The summed E-state index contributed by atoms with van der Waals surface area (Å²) in [5.74, 6) is -0.526. The summed E-state index contributed by atoms with van der Waals surface area (Å²) in [7, 11) is -2.10. The van der Waals surface area contributed by atoms with Crippen molar-refractivity contribution in [3.63, 3.8) is 0 Å². The number of aromatic nitrogens is 2. The van der Waals surface area contributed by atoms with Crippen molar-refractivity contribution in [3.8, 4) is 0 Å². The van der Waals surface area contributed by atoms with E-state index in [4.69, 9.17) is 0 Å². The van der Waals surface area contributed by atoms with Gasteiger partial charge in [0, 0.05) is 7.05 Å². The molecule has 104 valence electrons. The predicted molar refractivity (Wildman–Crippen MR) is 73.0 cm³/mol. The minimum Gasteiger partial charge on any atom is -0.363 e. The molecule has 0 saturated heterocycles. The zero-order chi connectivity index (χ0) is 14.3. The molecule has 7 nitrogen and oxygen atoms in total. The van der Waals surface area contributed by atoms with Gasteiger partial charge in [-0.15, -0.1) is 10.2 Å². The molecule has 0 radical (unpaired) electrons. The van der Waals surface area contributed by atoms with E-state index in [0.717, 1.165) is 4.31 Å². The maximum atomic E-state index is 12.3. The molecule has 1 aliphatic rings. The first-order chi connectivity index (χ1) is 9.54. The van der Waals surface area contributed by atoms with Crippen molar-refractivity contribution in [2.45, 2.75) is 11.4 Å². The van der Waals surface area contributed by atoms with Crippen molar-refractivity contribution in [2.75, 3.05) is 12.4 Å². The molecular weight excluding hydrogens is 300 g/mol. The van der Waals surface area contributed by atoms with Gasteiger partial charge in [0.15, 0.2) is 0 Å². The van der Waals surface area contributed by atoms with Gasteiger partial charge < -0.3 is 5.32 Å². The first-order valence-corrected chi connectivity index (χ1v) is 7.96. The van der Waals surface area contributed by atoms with Crippen LogP contribution < -0.4 is 5.32 Å². The Balaban J connectivity index is 1.98. The molecule has 1 amide bonds. The van der Waals surface area contributed by atoms with E-state index in [1.165, 1.54) is 23.5 Å². The normalized spacial score (nSPS) is 16.2. The quantitative estimate of drug-likeness (QED) is 0.906. The maximum Gasteiger partial charge on any atom is 0.269 e. The van der Waals surface area contributed by atoms with Crippen LogP contribution in [0.1, 0.15) is 15.4 Å². The Morgan fingerprint density at radius 2 is 2.05 bits per heavy atom. The second kappa shape index (κ2) is 4.53. The molecule has 0 fully saturated rings. The zero-order valence-corrected chi connectivity index (χ0v) is 12.0. The lowest BCUT2D eigenvalue weighted by atomic mass is 10.2. The van der Waals surface area contributed by atoms with Gasteiger partial charge in [0.1, 0.15) is 9.90 Å². The Kier molecular flexibility index (Phi) is 2.94. The Bertz CT molecular complexity index is 784. The van der Waals surface area contributed by atoms with Crippen LogP contribution in [0.2, 0.25) is 0 Å². The van der Waals surface area contributed by atoms with E-state index in [1.807, 2.05) is 0 Å². The van der Waals surface area contributed by atoms with Crippen LogP contribution >= 0.6 is 11.3 Å². The molecule has 1 aliphatic heterocycles. The lowest BCUT2D eigenvalue weighted by molar-refractivity contribution is 0.0864. The van der Waals surface area contributed by atoms with Crippen LogP contribution in [-0.2, 0) is 16.6 Å². The highest BCUT2D eigenvalue weighted by atomic mass is 32.2. The molecule has 0 unspecified atom stereocenters. The summed E-state index contributed by atoms with van der Waals surface area (Å²) in [5.41, 5.74) is 0.200. The number of sulfonamides is 1. The summed E-state index contributed by atoms with van der Waals surface area (Å²) < 4.78 is 25.5. The number of hydrogen-bond donors (Lipinski definition) is 1. The van der Waals surface area contributed by atoms with Crippen LogP contribution in [-0.4, -0.2) is 35.9 Å². The summed E-state index contributed by atoms with van der Waals surface area (Å²) >= 11 is 1.21.